The zero-order chi connectivity index (χ0) is 13.1. The van der Waals surface area contributed by atoms with Crippen LogP contribution in [-0.4, -0.2) is 12.6 Å². The monoisotopic (exact) mass is 291 g/mol. The number of benzene rings is 1. The van der Waals surface area contributed by atoms with Crippen LogP contribution >= 0.6 is 22.9 Å². The highest BCUT2D eigenvalue weighted by atomic mass is 35.5. The Kier molecular flexibility index (Phi) is 4.21. The number of thiophene rings is 1. The molecule has 0 radical (unpaired) electrons. The van der Waals surface area contributed by atoms with Crippen LogP contribution in [0.25, 0.3) is 0 Å². The lowest BCUT2D eigenvalue weighted by Gasteiger charge is -2.18. The molecular formula is C16H18ClNS. The van der Waals surface area contributed by atoms with E-state index in [1.54, 1.807) is 11.3 Å². The van der Waals surface area contributed by atoms with Gasteiger partial charge in [0.25, 0.3) is 0 Å². The fraction of sp³-hybridized carbons (Fsp3) is 0.375. The number of rotatable bonds is 6. The fourth-order valence-corrected chi connectivity index (χ4v) is 3.24. The number of hydrogen-bond acceptors (Lipinski definition) is 2. The summed E-state index contributed by atoms with van der Waals surface area (Å²) in [5.41, 5.74) is 2.76. The Morgan fingerprint density at radius 3 is 2.89 bits per heavy atom. The van der Waals surface area contributed by atoms with Crippen molar-refractivity contribution >= 4 is 22.9 Å². The smallest absolute Gasteiger partial charge is 0.0408 e. The van der Waals surface area contributed by atoms with Crippen molar-refractivity contribution in [2.45, 2.75) is 31.2 Å². The van der Waals surface area contributed by atoms with Gasteiger partial charge in [-0.15, -0.1) is 0 Å². The largest absolute Gasteiger partial charge is 0.313 e. The van der Waals surface area contributed by atoms with Crippen LogP contribution in [0.4, 0.5) is 0 Å². The highest BCUT2D eigenvalue weighted by Gasteiger charge is 2.22. The summed E-state index contributed by atoms with van der Waals surface area (Å²) in [4.78, 5) is 0. The van der Waals surface area contributed by atoms with E-state index < -0.39 is 0 Å². The van der Waals surface area contributed by atoms with Gasteiger partial charge in [0.2, 0.25) is 0 Å². The summed E-state index contributed by atoms with van der Waals surface area (Å²) in [5, 5.41) is 8.88. The maximum atomic E-state index is 6.13. The Hall–Kier alpha value is -0.830. The van der Waals surface area contributed by atoms with Gasteiger partial charge in [0.1, 0.15) is 0 Å². The van der Waals surface area contributed by atoms with Gasteiger partial charge in [0.05, 0.1) is 0 Å². The molecule has 3 heteroatoms. The summed E-state index contributed by atoms with van der Waals surface area (Å²) in [6.07, 6.45) is 3.75. The average Bonchev–Trinajstić information content (AvgIpc) is 3.10. The third-order valence-corrected chi connectivity index (χ3v) is 4.58. The SMILES string of the molecule is Clc1cccc(C(CNC2CC2)Cc2ccsc2)c1. The average molecular weight is 292 g/mol. The molecule has 0 bridgehead atoms. The molecule has 2 aromatic rings. The first kappa shape index (κ1) is 13.2. The van der Waals surface area contributed by atoms with Crippen molar-refractivity contribution in [3.63, 3.8) is 0 Å². The van der Waals surface area contributed by atoms with Crippen molar-refractivity contribution in [2.24, 2.45) is 0 Å². The summed E-state index contributed by atoms with van der Waals surface area (Å²) in [7, 11) is 0. The minimum Gasteiger partial charge on any atom is -0.313 e. The van der Waals surface area contributed by atoms with Gasteiger partial charge >= 0.3 is 0 Å². The second kappa shape index (κ2) is 6.08. The fourth-order valence-electron chi connectivity index (χ4n) is 2.36. The molecule has 0 spiro atoms. The minimum atomic E-state index is 0.508. The van der Waals surface area contributed by atoms with E-state index in [9.17, 15) is 0 Å². The molecule has 19 heavy (non-hydrogen) atoms. The second-order valence-electron chi connectivity index (χ2n) is 5.27. The van der Waals surface area contributed by atoms with E-state index in [1.165, 1.54) is 24.0 Å². The lowest BCUT2D eigenvalue weighted by molar-refractivity contribution is 0.578. The Labute approximate surface area is 123 Å². The Balaban J connectivity index is 1.73. The standard InChI is InChI=1S/C16H18ClNS/c17-15-3-1-2-13(9-15)14(10-18-16-4-5-16)8-12-6-7-19-11-12/h1-3,6-7,9,11,14,16,18H,4-5,8,10H2. The van der Waals surface area contributed by atoms with Crippen molar-refractivity contribution in [3.05, 3.63) is 57.2 Å². The first-order valence-corrected chi connectivity index (χ1v) is 8.13. The van der Waals surface area contributed by atoms with E-state index in [1.807, 2.05) is 6.07 Å². The molecule has 0 saturated heterocycles. The molecule has 1 atom stereocenters. The van der Waals surface area contributed by atoms with Crippen LogP contribution in [-0.2, 0) is 6.42 Å². The number of nitrogens with one attached hydrogen (secondary N) is 1. The van der Waals surface area contributed by atoms with Crippen LogP contribution in [0, 0.1) is 0 Å². The molecule has 1 aromatic carbocycles. The van der Waals surface area contributed by atoms with Gasteiger partial charge < -0.3 is 5.32 Å². The predicted molar refractivity (Wildman–Crippen MR) is 83.2 cm³/mol. The Morgan fingerprint density at radius 1 is 1.32 bits per heavy atom. The normalized spacial score (nSPS) is 16.5. The van der Waals surface area contributed by atoms with Gasteiger partial charge in [-0.25, -0.2) is 0 Å². The van der Waals surface area contributed by atoms with Crippen molar-refractivity contribution in [3.8, 4) is 0 Å². The van der Waals surface area contributed by atoms with E-state index in [4.69, 9.17) is 11.6 Å². The lowest BCUT2D eigenvalue weighted by atomic mass is 9.93. The van der Waals surface area contributed by atoms with Crippen LogP contribution in [0.5, 0.6) is 0 Å². The molecule has 1 nitrogen and oxygen atoms in total. The summed E-state index contributed by atoms with van der Waals surface area (Å²) in [6.45, 7) is 1.04. The van der Waals surface area contributed by atoms with E-state index in [-0.39, 0.29) is 0 Å². The van der Waals surface area contributed by atoms with E-state index >= 15 is 0 Å². The summed E-state index contributed by atoms with van der Waals surface area (Å²) < 4.78 is 0. The van der Waals surface area contributed by atoms with Crippen LogP contribution < -0.4 is 5.32 Å². The van der Waals surface area contributed by atoms with Gasteiger partial charge in [0.15, 0.2) is 0 Å². The van der Waals surface area contributed by atoms with Gasteiger partial charge in [0, 0.05) is 23.5 Å². The molecule has 1 unspecified atom stereocenters. The predicted octanol–water partition coefficient (Wildman–Crippen LogP) is 4.48. The lowest BCUT2D eigenvalue weighted by Crippen LogP contribution is -2.24. The molecule has 1 saturated carbocycles. The van der Waals surface area contributed by atoms with E-state index in [0.29, 0.717) is 5.92 Å². The number of hydrogen-bond donors (Lipinski definition) is 1. The molecular weight excluding hydrogens is 274 g/mol. The van der Waals surface area contributed by atoms with Crippen molar-refractivity contribution in [2.75, 3.05) is 6.54 Å². The molecule has 1 N–H and O–H groups in total. The molecule has 0 amide bonds. The first-order valence-electron chi connectivity index (χ1n) is 6.81. The molecule has 0 aliphatic heterocycles. The highest BCUT2D eigenvalue weighted by molar-refractivity contribution is 7.07. The maximum absolute atomic E-state index is 6.13. The summed E-state index contributed by atoms with van der Waals surface area (Å²) >= 11 is 7.90. The quantitative estimate of drug-likeness (QED) is 0.827. The Morgan fingerprint density at radius 2 is 2.21 bits per heavy atom. The van der Waals surface area contributed by atoms with Gasteiger partial charge in [-0.2, -0.15) is 11.3 Å². The van der Waals surface area contributed by atoms with Crippen LogP contribution in [0.15, 0.2) is 41.1 Å². The zero-order valence-electron chi connectivity index (χ0n) is 10.8. The van der Waals surface area contributed by atoms with Crippen LogP contribution in [0.2, 0.25) is 5.02 Å². The Bertz CT molecular complexity index is 519. The summed E-state index contributed by atoms with van der Waals surface area (Å²) in [5.74, 6) is 0.508. The maximum Gasteiger partial charge on any atom is 0.0408 e. The third kappa shape index (κ3) is 3.82. The van der Waals surface area contributed by atoms with Crippen molar-refractivity contribution in [1.82, 2.24) is 5.32 Å². The summed E-state index contributed by atoms with van der Waals surface area (Å²) in [6, 6.07) is 11.3. The van der Waals surface area contributed by atoms with Crippen LogP contribution in [0.3, 0.4) is 0 Å². The molecule has 1 heterocycles. The molecule has 1 aliphatic rings. The zero-order valence-corrected chi connectivity index (χ0v) is 12.4. The molecule has 1 fully saturated rings. The van der Waals surface area contributed by atoms with E-state index in [2.05, 4.69) is 40.3 Å². The minimum absolute atomic E-state index is 0.508. The van der Waals surface area contributed by atoms with Gasteiger partial charge in [-0.3, -0.25) is 0 Å². The topological polar surface area (TPSA) is 12.0 Å². The second-order valence-corrected chi connectivity index (χ2v) is 6.49. The molecule has 3 rings (SSSR count). The van der Waals surface area contributed by atoms with Gasteiger partial charge in [-0.05, 0) is 59.3 Å². The van der Waals surface area contributed by atoms with Crippen LogP contribution in [0.1, 0.15) is 29.9 Å². The number of halogens is 1. The van der Waals surface area contributed by atoms with E-state index in [0.717, 1.165) is 24.0 Å². The van der Waals surface area contributed by atoms with Crippen molar-refractivity contribution in [1.29, 1.82) is 0 Å². The third-order valence-electron chi connectivity index (χ3n) is 3.61. The first-order chi connectivity index (χ1) is 9.31. The molecule has 1 aromatic heterocycles. The molecule has 100 valence electrons. The van der Waals surface area contributed by atoms with Crippen molar-refractivity contribution < 1.29 is 0 Å². The van der Waals surface area contributed by atoms with Gasteiger partial charge in [-0.1, -0.05) is 23.7 Å². The molecule has 1 aliphatic carbocycles. The highest BCUT2D eigenvalue weighted by Crippen LogP contribution is 2.26.